The van der Waals surface area contributed by atoms with Crippen LogP contribution in [0.5, 0.6) is 5.75 Å². The van der Waals surface area contributed by atoms with Gasteiger partial charge in [0.25, 0.3) is 0 Å². The number of aryl methyl sites for hydroxylation is 1. The van der Waals surface area contributed by atoms with Gasteiger partial charge in [0.2, 0.25) is 11.8 Å². The fraction of sp³-hybridized carbons (Fsp3) is 0.636. The van der Waals surface area contributed by atoms with Crippen molar-refractivity contribution in [2.24, 2.45) is 0 Å². The summed E-state index contributed by atoms with van der Waals surface area (Å²) < 4.78 is 11.3. The summed E-state index contributed by atoms with van der Waals surface area (Å²) in [7, 11) is 4.12. The molecule has 0 radical (unpaired) electrons. The Kier molecular flexibility index (Phi) is 8.03. The third kappa shape index (κ3) is 7.10. The number of aliphatic hydroxyl groups excluding tert-OH is 1. The standard InChI is InChI=1S/C22H34N4O3/c1-17-23-24-22(29-17)15-25(2)13-18-8-7-11-21(12-18)28-16-20(27)14-26(3)19-9-5-4-6-10-19/h7-8,11-12,19-20,27H,4-6,9-10,13-16H2,1-3H3. The second-order valence-corrected chi connectivity index (χ2v) is 8.23. The summed E-state index contributed by atoms with van der Waals surface area (Å²) >= 11 is 0. The van der Waals surface area contributed by atoms with Crippen LogP contribution in [0.2, 0.25) is 0 Å². The normalized spacial score (nSPS) is 16.5. The molecule has 1 unspecified atom stereocenters. The minimum atomic E-state index is -0.492. The van der Waals surface area contributed by atoms with Crippen LogP contribution < -0.4 is 4.74 Å². The lowest BCUT2D eigenvalue weighted by Gasteiger charge is -2.32. The van der Waals surface area contributed by atoms with E-state index >= 15 is 0 Å². The first-order chi connectivity index (χ1) is 14.0. The number of rotatable bonds is 10. The Labute approximate surface area is 173 Å². The molecular formula is C22H34N4O3. The van der Waals surface area contributed by atoms with E-state index in [4.69, 9.17) is 9.15 Å². The van der Waals surface area contributed by atoms with Gasteiger partial charge in [-0.15, -0.1) is 10.2 Å². The Morgan fingerprint density at radius 2 is 1.97 bits per heavy atom. The van der Waals surface area contributed by atoms with Crippen molar-refractivity contribution < 1.29 is 14.3 Å². The van der Waals surface area contributed by atoms with Gasteiger partial charge >= 0.3 is 0 Å². The molecule has 29 heavy (non-hydrogen) atoms. The summed E-state index contributed by atoms with van der Waals surface area (Å²) in [6.45, 7) is 4.08. The molecule has 1 saturated carbocycles. The number of benzene rings is 1. The Hall–Kier alpha value is -1.96. The van der Waals surface area contributed by atoms with Crippen LogP contribution in [0.3, 0.4) is 0 Å². The maximum absolute atomic E-state index is 10.4. The molecule has 7 nitrogen and oxygen atoms in total. The largest absolute Gasteiger partial charge is 0.491 e. The van der Waals surface area contributed by atoms with Crippen LogP contribution in [-0.4, -0.2) is 64.5 Å². The highest BCUT2D eigenvalue weighted by atomic mass is 16.5. The molecule has 0 spiro atoms. The molecule has 1 aliphatic rings. The number of nitrogens with zero attached hydrogens (tertiary/aromatic N) is 4. The lowest BCUT2D eigenvalue weighted by molar-refractivity contribution is 0.0561. The summed E-state index contributed by atoms with van der Waals surface area (Å²) in [5.41, 5.74) is 1.13. The quantitative estimate of drug-likeness (QED) is 0.655. The molecule has 2 aromatic rings. The van der Waals surface area contributed by atoms with Crippen LogP contribution in [0, 0.1) is 6.92 Å². The molecule has 1 atom stereocenters. The number of aromatic nitrogens is 2. The van der Waals surface area contributed by atoms with Crippen LogP contribution >= 0.6 is 0 Å². The molecular weight excluding hydrogens is 368 g/mol. The molecule has 1 aromatic carbocycles. The number of hydrogen-bond acceptors (Lipinski definition) is 7. The lowest BCUT2D eigenvalue weighted by Crippen LogP contribution is -2.40. The fourth-order valence-corrected chi connectivity index (χ4v) is 3.98. The van der Waals surface area contributed by atoms with Gasteiger partial charge in [-0.2, -0.15) is 0 Å². The van der Waals surface area contributed by atoms with Gasteiger partial charge in [0.05, 0.1) is 6.54 Å². The maximum atomic E-state index is 10.4. The van der Waals surface area contributed by atoms with E-state index in [1.54, 1.807) is 6.92 Å². The monoisotopic (exact) mass is 402 g/mol. The van der Waals surface area contributed by atoms with E-state index in [1.807, 2.05) is 25.2 Å². The highest BCUT2D eigenvalue weighted by molar-refractivity contribution is 5.28. The zero-order valence-corrected chi connectivity index (χ0v) is 17.9. The van der Waals surface area contributed by atoms with Crippen molar-refractivity contribution in [2.75, 3.05) is 27.2 Å². The molecule has 1 fully saturated rings. The van der Waals surface area contributed by atoms with E-state index in [0.717, 1.165) is 17.9 Å². The first kappa shape index (κ1) is 21.7. The van der Waals surface area contributed by atoms with Crippen molar-refractivity contribution in [3.05, 3.63) is 41.6 Å². The fourth-order valence-electron chi connectivity index (χ4n) is 3.98. The van der Waals surface area contributed by atoms with Crippen LogP contribution in [0.4, 0.5) is 0 Å². The van der Waals surface area contributed by atoms with Gasteiger partial charge in [-0.25, -0.2) is 0 Å². The van der Waals surface area contributed by atoms with E-state index in [9.17, 15) is 5.11 Å². The van der Waals surface area contributed by atoms with Gasteiger partial charge in [0.15, 0.2) is 0 Å². The van der Waals surface area contributed by atoms with Crippen molar-refractivity contribution in [1.29, 1.82) is 0 Å². The van der Waals surface area contributed by atoms with Crippen LogP contribution in [0.15, 0.2) is 28.7 Å². The SMILES string of the molecule is Cc1nnc(CN(C)Cc2cccc(OCC(O)CN(C)C3CCCCC3)c2)o1. The van der Waals surface area contributed by atoms with Gasteiger partial charge in [0, 0.05) is 26.1 Å². The van der Waals surface area contributed by atoms with E-state index in [0.29, 0.717) is 37.5 Å². The molecule has 160 valence electrons. The molecule has 1 N–H and O–H groups in total. The average molecular weight is 403 g/mol. The first-order valence-electron chi connectivity index (χ1n) is 10.6. The maximum Gasteiger partial charge on any atom is 0.230 e. The predicted molar refractivity (Wildman–Crippen MR) is 112 cm³/mol. The highest BCUT2D eigenvalue weighted by Crippen LogP contribution is 2.22. The van der Waals surface area contributed by atoms with Crippen LogP contribution in [-0.2, 0) is 13.1 Å². The van der Waals surface area contributed by atoms with E-state index < -0.39 is 6.10 Å². The molecule has 0 saturated heterocycles. The number of hydrogen-bond donors (Lipinski definition) is 1. The van der Waals surface area contributed by atoms with Gasteiger partial charge in [0.1, 0.15) is 18.5 Å². The zero-order chi connectivity index (χ0) is 20.6. The Morgan fingerprint density at radius 1 is 1.17 bits per heavy atom. The molecule has 1 heterocycles. The predicted octanol–water partition coefficient (Wildman–Crippen LogP) is 3.01. The van der Waals surface area contributed by atoms with Gasteiger partial charge in [-0.05, 0) is 44.6 Å². The topological polar surface area (TPSA) is 74.9 Å². The molecule has 7 heteroatoms. The number of likely N-dealkylation sites (N-methyl/N-ethyl adjacent to an activating group) is 1. The first-order valence-corrected chi connectivity index (χ1v) is 10.6. The van der Waals surface area contributed by atoms with Crippen molar-refractivity contribution in [3.8, 4) is 5.75 Å². The van der Waals surface area contributed by atoms with Crippen molar-refractivity contribution in [1.82, 2.24) is 20.0 Å². The summed E-state index contributed by atoms with van der Waals surface area (Å²) in [6.07, 6.45) is 5.93. The molecule has 3 rings (SSSR count). The van der Waals surface area contributed by atoms with Crippen molar-refractivity contribution in [3.63, 3.8) is 0 Å². The van der Waals surface area contributed by atoms with Gasteiger partial charge in [-0.1, -0.05) is 31.4 Å². The Balaban J connectivity index is 1.43. The van der Waals surface area contributed by atoms with Crippen LogP contribution in [0.25, 0.3) is 0 Å². The molecule has 0 aliphatic heterocycles. The second kappa shape index (κ2) is 10.7. The summed E-state index contributed by atoms with van der Waals surface area (Å²) in [5, 5.41) is 18.3. The second-order valence-electron chi connectivity index (χ2n) is 8.23. The lowest BCUT2D eigenvalue weighted by atomic mass is 9.94. The molecule has 0 amide bonds. The molecule has 0 bridgehead atoms. The average Bonchev–Trinajstić information content (AvgIpc) is 3.11. The van der Waals surface area contributed by atoms with E-state index in [2.05, 4.69) is 33.1 Å². The summed E-state index contributed by atoms with van der Waals surface area (Å²) in [4.78, 5) is 4.40. The Bertz CT molecular complexity index is 745. The highest BCUT2D eigenvalue weighted by Gasteiger charge is 2.20. The molecule has 1 aromatic heterocycles. The van der Waals surface area contributed by atoms with E-state index in [1.165, 1.54) is 32.1 Å². The van der Waals surface area contributed by atoms with Crippen molar-refractivity contribution in [2.45, 2.75) is 64.3 Å². The summed E-state index contributed by atoms with van der Waals surface area (Å²) in [6, 6.07) is 8.60. The Morgan fingerprint density at radius 3 is 2.69 bits per heavy atom. The smallest absolute Gasteiger partial charge is 0.230 e. The van der Waals surface area contributed by atoms with Crippen LogP contribution in [0.1, 0.15) is 49.4 Å². The van der Waals surface area contributed by atoms with Gasteiger partial charge < -0.3 is 19.2 Å². The van der Waals surface area contributed by atoms with E-state index in [-0.39, 0.29) is 0 Å². The minimum absolute atomic E-state index is 0.303. The zero-order valence-electron chi connectivity index (χ0n) is 17.9. The number of aliphatic hydroxyl groups is 1. The summed E-state index contributed by atoms with van der Waals surface area (Å²) in [5.74, 6) is 1.98. The third-order valence-electron chi connectivity index (χ3n) is 5.46. The van der Waals surface area contributed by atoms with Gasteiger partial charge in [-0.3, -0.25) is 4.90 Å². The third-order valence-corrected chi connectivity index (χ3v) is 5.46. The number of ether oxygens (including phenoxy) is 1. The van der Waals surface area contributed by atoms with Crippen molar-refractivity contribution >= 4 is 0 Å². The minimum Gasteiger partial charge on any atom is -0.491 e. The molecule has 1 aliphatic carbocycles.